The second kappa shape index (κ2) is 6.52. The summed E-state index contributed by atoms with van der Waals surface area (Å²) >= 11 is 0. The molecule has 0 amide bonds. The van der Waals surface area contributed by atoms with Gasteiger partial charge in [-0.25, -0.2) is 8.42 Å². The monoisotopic (exact) mass is 304 g/mol. The van der Waals surface area contributed by atoms with Crippen molar-refractivity contribution in [2.75, 3.05) is 12.3 Å². The molecule has 21 heavy (non-hydrogen) atoms. The van der Waals surface area contributed by atoms with Crippen molar-refractivity contribution in [2.45, 2.75) is 11.4 Å². The van der Waals surface area contributed by atoms with Gasteiger partial charge in [-0.05, 0) is 24.3 Å². The van der Waals surface area contributed by atoms with E-state index in [4.69, 9.17) is 5.26 Å². The van der Waals surface area contributed by atoms with E-state index in [0.29, 0.717) is 18.7 Å². The Morgan fingerprint density at radius 1 is 1.33 bits per heavy atom. The predicted octanol–water partition coefficient (Wildman–Crippen LogP) is 0.855. The van der Waals surface area contributed by atoms with Crippen molar-refractivity contribution < 1.29 is 8.42 Å². The van der Waals surface area contributed by atoms with Crippen molar-refractivity contribution in [1.29, 1.82) is 5.26 Å². The van der Waals surface area contributed by atoms with Gasteiger partial charge in [0, 0.05) is 31.9 Å². The lowest BCUT2D eigenvalue weighted by Crippen LogP contribution is -2.22. The van der Waals surface area contributed by atoms with Gasteiger partial charge in [0.25, 0.3) is 0 Å². The molecule has 0 aliphatic carbocycles. The highest BCUT2D eigenvalue weighted by Crippen LogP contribution is 2.11. The first-order valence-corrected chi connectivity index (χ1v) is 8.07. The molecule has 1 N–H and O–H groups in total. The molecule has 1 aromatic carbocycles. The zero-order valence-corrected chi connectivity index (χ0v) is 12.5. The fourth-order valence-corrected chi connectivity index (χ4v) is 3.06. The molecule has 6 nitrogen and oxygen atoms in total. The van der Waals surface area contributed by atoms with Crippen LogP contribution in [-0.2, 0) is 23.4 Å². The van der Waals surface area contributed by atoms with Crippen LogP contribution >= 0.6 is 0 Å². The first-order valence-electron chi connectivity index (χ1n) is 6.42. The van der Waals surface area contributed by atoms with Crippen LogP contribution in [0, 0.1) is 11.3 Å². The molecule has 110 valence electrons. The van der Waals surface area contributed by atoms with E-state index in [1.807, 2.05) is 19.3 Å². The lowest BCUT2D eigenvalue weighted by molar-refractivity contribution is 0.590. The third-order valence-electron chi connectivity index (χ3n) is 2.98. The summed E-state index contributed by atoms with van der Waals surface area (Å²) in [7, 11) is -1.50. The average Bonchev–Trinajstić information content (AvgIpc) is 2.89. The Morgan fingerprint density at radius 2 is 2.05 bits per heavy atom. The molecule has 2 rings (SSSR count). The summed E-state index contributed by atoms with van der Waals surface area (Å²) in [6.07, 6.45) is 3.62. The Kier molecular flexibility index (Phi) is 4.73. The summed E-state index contributed by atoms with van der Waals surface area (Å²) in [5, 5.41) is 15.8. The molecule has 0 spiro atoms. The van der Waals surface area contributed by atoms with Crippen LogP contribution in [0.1, 0.15) is 11.1 Å². The van der Waals surface area contributed by atoms with E-state index in [1.165, 1.54) is 24.3 Å². The van der Waals surface area contributed by atoms with Crippen LogP contribution in [0.2, 0.25) is 0 Å². The Bertz CT molecular complexity index is 742. The quantitative estimate of drug-likeness (QED) is 0.800. The highest BCUT2D eigenvalue weighted by Gasteiger charge is 2.13. The molecule has 0 radical (unpaired) electrons. The maximum absolute atomic E-state index is 12.1. The summed E-state index contributed by atoms with van der Waals surface area (Å²) in [5.41, 5.74) is 1.46. The third-order valence-corrected chi connectivity index (χ3v) is 4.71. The molecule has 0 aliphatic rings. The van der Waals surface area contributed by atoms with Gasteiger partial charge < -0.3 is 5.32 Å². The SMILES string of the molecule is Cn1cc(CNCCS(=O)(=O)c2ccc(C#N)cc2)cn1. The summed E-state index contributed by atoms with van der Waals surface area (Å²) in [6.45, 7) is 0.938. The standard InChI is InChI=1S/C14H16N4O2S/c1-18-11-13(10-17-18)9-16-6-7-21(19,20)14-4-2-12(8-15)3-5-14/h2-5,10-11,16H,6-7,9H2,1H3. The number of hydrogen-bond donors (Lipinski definition) is 1. The number of nitrogens with one attached hydrogen (secondary N) is 1. The predicted molar refractivity (Wildman–Crippen MR) is 78.1 cm³/mol. The minimum Gasteiger partial charge on any atom is -0.312 e. The zero-order valence-electron chi connectivity index (χ0n) is 11.7. The smallest absolute Gasteiger partial charge is 0.179 e. The first-order chi connectivity index (χ1) is 10.0. The van der Waals surface area contributed by atoms with Gasteiger partial charge in [-0.2, -0.15) is 10.4 Å². The Morgan fingerprint density at radius 3 is 2.62 bits per heavy atom. The molecule has 2 aromatic rings. The minimum absolute atomic E-state index is 0.0131. The number of nitrogens with zero attached hydrogens (tertiary/aromatic N) is 3. The molecule has 0 aliphatic heterocycles. The van der Waals surface area contributed by atoms with Crippen LogP contribution in [0.5, 0.6) is 0 Å². The Balaban J connectivity index is 1.87. The molecule has 0 bridgehead atoms. The number of rotatable bonds is 6. The van der Waals surface area contributed by atoms with Gasteiger partial charge in [-0.3, -0.25) is 4.68 Å². The third kappa shape index (κ3) is 4.15. The number of aryl methyl sites for hydroxylation is 1. The molecule has 7 heteroatoms. The van der Waals surface area contributed by atoms with E-state index in [9.17, 15) is 8.42 Å². The lowest BCUT2D eigenvalue weighted by Gasteiger charge is -2.05. The average molecular weight is 304 g/mol. The van der Waals surface area contributed by atoms with Crippen LogP contribution < -0.4 is 5.32 Å². The Hall–Kier alpha value is -2.17. The topological polar surface area (TPSA) is 87.8 Å². The van der Waals surface area contributed by atoms with E-state index in [1.54, 1.807) is 10.9 Å². The summed E-state index contributed by atoms with van der Waals surface area (Å²) < 4.78 is 25.9. The van der Waals surface area contributed by atoms with Gasteiger partial charge in [-0.1, -0.05) is 0 Å². The van der Waals surface area contributed by atoms with E-state index >= 15 is 0 Å². The normalized spacial score (nSPS) is 11.2. The largest absolute Gasteiger partial charge is 0.312 e. The second-order valence-corrected chi connectivity index (χ2v) is 6.76. The summed E-state index contributed by atoms with van der Waals surface area (Å²) in [4.78, 5) is 0.240. The second-order valence-electron chi connectivity index (χ2n) is 4.65. The van der Waals surface area contributed by atoms with Gasteiger partial charge in [0.05, 0.1) is 28.5 Å². The highest BCUT2D eigenvalue weighted by atomic mass is 32.2. The number of nitriles is 1. The van der Waals surface area contributed by atoms with Crippen molar-refractivity contribution in [3.8, 4) is 6.07 Å². The highest BCUT2D eigenvalue weighted by molar-refractivity contribution is 7.91. The molecule has 0 saturated heterocycles. The van der Waals surface area contributed by atoms with E-state index in [-0.39, 0.29) is 10.6 Å². The first kappa shape index (κ1) is 15.2. The van der Waals surface area contributed by atoms with Gasteiger partial charge >= 0.3 is 0 Å². The van der Waals surface area contributed by atoms with Gasteiger partial charge in [0.15, 0.2) is 9.84 Å². The van der Waals surface area contributed by atoms with Crippen molar-refractivity contribution in [1.82, 2.24) is 15.1 Å². The number of aromatic nitrogens is 2. The minimum atomic E-state index is -3.33. The number of benzene rings is 1. The molecule has 0 saturated carbocycles. The van der Waals surface area contributed by atoms with Crippen LogP contribution in [0.4, 0.5) is 0 Å². The number of hydrogen-bond acceptors (Lipinski definition) is 5. The van der Waals surface area contributed by atoms with Crippen LogP contribution in [0.15, 0.2) is 41.6 Å². The molecule has 1 heterocycles. The van der Waals surface area contributed by atoms with Crippen molar-refractivity contribution in [2.24, 2.45) is 7.05 Å². The van der Waals surface area contributed by atoms with Crippen molar-refractivity contribution in [3.63, 3.8) is 0 Å². The molecule has 0 atom stereocenters. The van der Waals surface area contributed by atoms with E-state index in [2.05, 4.69) is 10.4 Å². The van der Waals surface area contributed by atoms with Gasteiger partial charge in [-0.15, -0.1) is 0 Å². The van der Waals surface area contributed by atoms with Crippen LogP contribution in [-0.4, -0.2) is 30.5 Å². The van der Waals surface area contributed by atoms with Crippen molar-refractivity contribution >= 4 is 9.84 Å². The fourth-order valence-electron chi connectivity index (χ4n) is 1.86. The Labute approximate surface area is 123 Å². The fraction of sp³-hybridized carbons (Fsp3) is 0.286. The maximum atomic E-state index is 12.1. The number of sulfone groups is 1. The van der Waals surface area contributed by atoms with Crippen LogP contribution in [0.25, 0.3) is 0 Å². The van der Waals surface area contributed by atoms with Crippen molar-refractivity contribution in [3.05, 3.63) is 47.8 Å². The van der Waals surface area contributed by atoms with E-state index in [0.717, 1.165) is 5.56 Å². The summed E-state index contributed by atoms with van der Waals surface area (Å²) in [5.74, 6) is 0.0131. The summed E-state index contributed by atoms with van der Waals surface area (Å²) in [6, 6.07) is 7.92. The van der Waals surface area contributed by atoms with Crippen LogP contribution in [0.3, 0.4) is 0 Å². The molecular formula is C14H16N4O2S. The molecule has 0 unspecified atom stereocenters. The molecule has 1 aromatic heterocycles. The van der Waals surface area contributed by atoms with Gasteiger partial charge in [0.2, 0.25) is 0 Å². The molecular weight excluding hydrogens is 288 g/mol. The zero-order chi connectivity index (χ0) is 15.3. The van der Waals surface area contributed by atoms with E-state index < -0.39 is 9.84 Å². The lowest BCUT2D eigenvalue weighted by atomic mass is 10.2. The molecule has 0 fully saturated rings. The maximum Gasteiger partial charge on any atom is 0.179 e. The van der Waals surface area contributed by atoms with Gasteiger partial charge in [0.1, 0.15) is 0 Å².